The van der Waals surface area contributed by atoms with E-state index in [1.807, 2.05) is 0 Å². The highest BCUT2D eigenvalue weighted by Gasteiger charge is 2.55. The molecule has 1 saturated heterocycles. The topological polar surface area (TPSA) is 287 Å². The number of fused-ring (bicyclic) bond motifs is 1. The summed E-state index contributed by atoms with van der Waals surface area (Å²) in [6.45, 7) is 1.36. The maximum absolute atomic E-state index is 13.4. The summed E-state index contributed by atoms with van der Waals surface area (Å²) in [6, 6.07) is -1.20. The van der Waals surface area contributed by atoms with Crippen molar-refractivity contribution in [3.63, 3.8) is 0 Å². The van der Waals surface area contributed by atoms with Crippen LogP contribution in [0.5, 0.6) is 0 Å². The number of carbonyl (C=O) groups is 5. The summed E-state index contributed by atoms with van der Waals surface area (Å²) in [5.74, 6) is -5.11. The molecule has 0 aliphatic carbocycles. The minimum atomic E-state index is -1.84. The summed E-state index contributed by atoms with van der Waals surface area (Å²) < 4.78 is 20.1. The number of nitrogens with zero attached hydrogens (tertiary/aromatic N) is 6. The fourth-order valence-corrected chi connectivity index (χ4v) is 6.16. The van der Waals surface area contributed by atoms with Crippen LogP contribution in [0.4, 0.5) is 21.0 Å². The molecule has 0 radical (unpaired) electrons. The summed E-state index contributed by atoms with van der Waals surface area (Å²) >= 11 is 1.89. The number of nitrogens with two attached hydrogens (primary N) is 3. The number of aliphatic carboxylic acids is 2. The number of hydrogen-bond acceptors (Lipinski definition) is 14. The Morgan fingerprint density at radius 3 is 2.59 bits per heavy atom. The number of amides is 3. The molecule has 10 N–H and O–H groups in total. The number of carbonyl (C=O) groups excluding carboxylic acids is 3. The Labute approximate surface area is 267 Å². The van der Waals surface area contributed by atoms with Crippen LogP contribution in [-0.4, -0.2) is 101 Å². The molecule has 4 rings (SSSR count). The molecule has 2 atom stereocenters. The number of rotatable bonds is 14. The quantitative estimate of drug-likeness (QED) is 0.0494. The van der Waals surface area contributed by atoms with E-state index >= 15 is 0 Å². The summed E-state index contributed by atoms with van der Waals surface area (Å²) in [4.78, 5) is 72.4. The fourth-order valence-electron chi connectivity index (χ4n) is 4.39. The van der Waals surface area contributed by atoms with Gasteiger partial charge in [0.2, 0.25) is 29.2 Å². The second-order valence-corrected chi connectivity index (χ2v) is 12.2. The summed E-state index contributed by atoms with van der Waals surface area (Å²) in [5.41, 5.74) is 14.9. The first-order valence-electron chi connectivity index (χ1n) is 13.4. The average Bonchev–Trinajstić information content (AvgIpc) is 3.54. The number of carboxylic acid groups (broad SMARTS) is 2. The number of aromatic nitrogens is 4. The molecular formula is C24H31FN11O8S2+. The number of nitrogen functional groups attached to an aromatic ring is 2. The van der Waals surface area contributed by atoms with Crippen molar-refractivity contribution >= 4 is 75.3 Å². The molecular weight excluding hydrogens is 653 g/mol. The van der Waals surface area contributed by atoms with Crippen LogP contribution >= 0.6 is 23.3 Å². The predicted octanol–water partition coefficient (Wildman–Crippen LogP) is -1.93. The molecule has 2 aliphatic rings. The average molecular weight is 685 g/mol. The maximum atomic E-state index is 13.4. The smallest absolute Gasteiger partial charge is 0.352 e. The highest BCUT2D eigenvalue weighted by atomic mass is 32.2. The molecule has 46 heavy (non-hydrogen) atoms. The van der Waals surface area contributed by atoms with Crippen molar-refractivity contribution in [2.45, 2.75) is 50.4 Å². The molecule has 0 unspecified atom stereocenters. The standard InChI is InChI=1S/C24H30FN11O8S2/c1-24(2,22(42)43)44-32-13(17-31-23(28)46-33-17)18(38)30-14-19(39)36-15(21(40)41)10(9-45-20(14)36)7-34-8-11(29-12(37)3-5-26)16(27)35(34)6-4-25/h8,14,20,27H,3-7,9,26H2,1-2H3,(H6,28,29,30,31,33,37,38,40,41,42,43)/p+1/b32-13-/t14-,20-/m1/s1. The van der Waals surface area contributed by atoms with Crippen molar-refractivity contribution in [2.24, 2.45) is 10.9 Å². The molecule has 4 heterocycles. The van der Waals surface area contributed by atoms with Gasteiger partial charge in [-0.15, -0.1) is 21.1 Å². The molecule has 0 saturated carbocycles. The molecule has 2 aliphatic heterocycles. The Kier molecular flexibility index (Phi) is 10.1. The molecule has 248 valence electrons. The molecule has 19 nitrogen and oxygen atoms in total. The lowest BCUT2D eigenvalue weighted by molar-refractivity contribution is -0.767. The number of β-lactam (4-membered cyclic amide) rings is 1. The molecule has 0 bridgehead atoms. The Balaban J connectivity index is 1.58. The molecule has 0 spiro atoms. The van der Waals surface area contributed by atoms with Crippen LogP contribution < -0.4 is 32.5 Å². The van der Waals surface area contributed by atoms with E-state index in [1.165, 1.54) is 29.4 Å². The van der Waals surface area contributed by atoms with Crippen LogP contribution in [0.25, 0.3) is 0 Å². The van der Waals surface area contributed by atoms with E-state index in [4.69, 9.17) is 22.0 Å². The second-order valence-electron chi connectivity index (χ2n) is 10.3. The van der Waals surface area contributed by atoms with E-state index in [-0.39, 0.29) is 65.5 Å². The Hall–Kier alpha value is -4.83. The zero-order valence-corrected chi connectivity index (χ0v) is 26.1. The lowest BCUT2D eigenvalue weighted by Crippen LogP contribution is -2.71. The van der Waals surface area contributed by atoms with Gasteiger partial charge in [-0.05, 0) is 13.8 Å². The van der Waals surface area contributed by atoms with Gasteiger partial charge in [0, 0.05) is 35.8 Å². The van der Waals surface area contributed by atoms with Crippen molar-refractivity contribution in [2.75, 3.05) is 35.8 Å². The highest BCUT2D eigenvalue weighted by molar-refractivity contribution is 8.00. The molecule has 1 fully saturated rings. The van der Waals surface area contributed by atoms with Crippen LogP contribution in [0, 0.1) is 0 Å². The first-order chi connectivity index (χ1) is 21.7. The van der Waals surface area contributed by atoms with E-state index in [0.29, 0.717) is 0 Å². The number of halogens is 1. The molecule has 0 aromatic carbocycles. The third-order valence-corrected chi connectivity index (χ3v) is 8.60. The normalized spacial score (nSPS) is 18.1. The number of anilines is 3. The van der Waals surface area contributed by atoms with E-state index in [1.54, 1.807) is 0 Å². The van der Waals surface area contributed by atoms with E-state index in [2.05, 4.69) is 25.1 Å². The van der Waals surface area contributed by atoms with Crippen molar-refractivity contribution in [3.8, 4) is 0 Å². The first kappa shape index (κ1) is 34.1. The second kappa shape index (κ2) is 13.7. The molecule has 22 heteroatoms. The van der Waals surface area contributed by atoms with Gasteiger partial charge in [0.15, 0.2) is 23.2 Å². The van der Waals surface area contributed by atoms with Gasteiger partial charge in [-0.2, -0.15) is 9.36 Å². The third-order valence-electron chi connectivity index (χ3n) is 6.72. The van der Waals surface area contributed by atoms with Gasteiger partial charge in [0.05, 0.1) is 0 Å². The molecule has 2 aromatic rings. The molecule has 2 aromatic heterocycles. The molecule has 3 amide bonds. The largest absolute Gasteiger partial charge is 0.478 e. The van der Waals surface area contributed by atoms with Crippen molar-refractivity contribution in [1.82, 2.24) is 24.3 Å². The summed E-state index contributed by atoms with van der Waals surface area (Å²) in [6.07, 6.45) is 1.45. The lowest BCUT2D eigenvalue weighted by Gasteiger charge is -2.49. The van der Waals surface area contributed by atoms with Gasteiger partial charge in [-0.3, -0.25) is 19.3 Å². The Morgan fingerprint density at radius 1 is 1.28 bits per heavy atom. The van der Waals surface area contributed by atoms with Crippen LogP contribution in [-0.2, 0) is 41.9 Å². The number of alkyl halides is 1. The van der Waals surface area contributed by atoms with Gasteiger partial charge in [0.25, 0.3) is 11.8 Å². The van der Waals surface area contributed by atoms with Crippen LogP contribution in [0.2, 0.25) is 0 Å². The van der Waals surface area contributed by atoms with Gasteiger partial charge >= 0.3 is 11.9 Å². The minimum absolute atomic E-state index is 0.0177. The van der Waals surface area contributed by atoms with Gasteiger partial charge in [-0.1, -0.05) is 5.16 Å². The summed E-state index contributed by atoms with van der Waals surface area (Å²) in [5, 5.41) is 27.3. The zero-order valence-electron chi connectivity index (χ0n) is 24.4. The Bertz CT molecular complexity index is 1640. The zero-order chi connectivity index (χ0) is 33.9. The van der Waals surface area contributed by atoms with Gasteiger partial charge in [0.1, 0.15) is 30.3 Å². The Morgan fingerprint density at radius 2 is 2.00 bits per heavy atom. The predicted molar refractivity (Wildman–Crippen MR) is 161 cm³/mol. The van der Waals surface area contributed by atoms with Crippen LogP contribution in [0.1, 0.15) is 26.1 Å². The maximum Gasteiger partial charge on any atom is 0.352 e. The summed E-state index contributed by atoms with van der Waals surface area (Å²) in [7, 11) is 0. The van der Waals surface area contributed by atoms with Crippen molar-refractivity contribution in [1.29, 1.82) is 0 Å². The van der Waals surface area contributed by atoms with Crippen LogP contribution in [0.15, 0.2) is 22.6 Å². The first-order valence-corrected chi connectivity index (χ1v) is 15.3. The van der Waals surface area contributed by atoms with Crippen LogP contribution in [0.3, 0.4) is 0 Å². The fraction of sp³-hybridized carbons (Fsp3) is 0.458. The number of oxime groups is 1. The number of carboxylic acids is 2. The van der Waals surface area contributed by atoms with Crippen molar-refractivity contribution < 1.29 is 48.1 Å². The SMILES string of the molecule is CC(C)(O/N=C(\C(=O)N[C@@H]1C(=O)N2C(C(=O)O)=C(C[n+]3cc(NC(=O)CCN)c(N)n3CCF)CS[C@H]12)c1nsc(N)n1)C(=O)O. The van der Waals surface area contributed by atoms with E-state index in [9.17, 15) is 38.6 Å². The third kappa shape index (κ3) is 6.87. The number of hydrogen-bond donors (Lipinski definition) is 7. The van der Waals surface area contributed by atoms with Crippen molar-refractivity contribution in [3.05, 3.63) is 23.3 Å². The van der Waals surface area contributed by atoms with Gasteiger partial charge in [-0.25, -0.2) is 14.0 Å². The lowest BCUT2D eigenvalue weighted by atomic mass is 10.0. The number of nitrogens with one attached hydrogen (secondary N) is 2. The highest BCUT2D eigenvalue weighted by Crippen LogP contribution is 2.40. The minimum Gasteiger partial charge on any atom is -0.478 e. The monoisotopic (exact) mass is 684 g/mol. The number of thioether (sulfide) groups is 1. The van der Waals surface area contributed by atoms with E-state index in [0.717, 1.165) is 28.2 Å². The van der Waals surface area contributed by atoms with Gasteiger partial charge < -0.3 is 42.9 Å². The van der Waals surface area contributed by atoms with E-state index < -0.39 is 59.1 Å².